The predicted octanol–water partition coefficient (Wildman–Crippen LogP) is 2.30. The van der Waals surface area contributed by atoms with Gasteiger partial charge in [0.2, 0.25) is 5.91 Å². The summed E-state index contributed by atoms with van der Waals surface area (Å²) in [6.07, 6.45) is 1.42. The van der Waals surface area contributed by atoms with Gasteiger partial charge in [0.15, 0.2) is 5.82 Å². The van der Waals surface area contributed by atoms with Crippen LogP contribution < -0.4 is 15.8 Å². The largest absolute Gasteiger partial charge is 0.378 e. The Balaban J connectivity index is 1.42. The first-order chi connectivity index (χ1) is 15.5. The van der Waals surface area contributed by atoms with Crippen molar-refractivity contribution in [3.05, 3.63) is 64.8 Å². The van der Waals surface area contributed by atoms with Gasteiger partial charge in [0.25, 0.3) is 5.56 Å². The van der Waals surface area contributed by atoms with Gasteiger partial charge in [-0.05, 0) is 30.2 Å². The Morgan fingerprint density at radius 1 is 1.12 bits per heavy atom. The standard InChI is InChI=1S/C23H26N6O3/c1-16(2)20-13-23(31)29(15-24-20)14-22(30)25-18-5-3-4-17(12-18)19-6-7-21(27-26-19)28-8-10-32-11-9-28/h3-7,12-13,15-16H,8-11,14H2,1-2H3,(H,25,30). The number of amides is 1. The Labute approximate surface area is 186 Å². The quantitative estimate of drug-likeness (QED) is 0.635. The predicted molar refractivity (Wildman–Crippen MR) is 122 cm³/mol. The van der Waals surface area contributed by atoms with Gasteiger partial charge in [0.1, 0.15) is 6.54 Å². The van der Waals surface area contributed by atoms with Crippen LogP contribution in [0.15, 0.2) is 53.6 Å². The van der Waals surface area contributed by atoms with E-state index in [1.165, 1.54) is 17.0 Å². The summed E-state index contributed by atoms with van der Waals surface area (Å²) in [5, 5.41) is 11.5. The van der Waals surface area contributed by atoms with Crippen LogP contribution >= 0.6 is 0 Å². The molecule has 0 saturated carbocycles. The van der Waals surface area contributed by atoms with Gasteiger partial charge in [-0.25, -0.2) is 4.98 Å². The van der Waals surface area contributed by atoms with Crippen LogP contribution in [-0.2, 0) is 16.1 Å². The maximum atomic E-state index is 12.5. The normalized spacial score (nSPS) is 13.9. The number of carbonyl (C=O) groups is 1. The first kappa shape index (κ1) is 21.6. The summed E-state index contributed by atoms with van der Waals surface area (Å²) in [6.45, 7) is 6.80. The van der Waals surface area contributed by atoms with Crippen molar-refractivity contribution in [2.24, 2.45) is 0 Å². The van der Waals surface area contributed by atoms with E-state index in [0.29, 0.717) is 30.3 Å². The maximum absolute atomic E-state index is 12.5. The van der Waals surface area contributed by atoms with Gasteiger partial charge in [0, 0.05) is 30.4 Å². The Bertz CT molecular complexity index is 1140. The van der Waals surface area contributed by atoms with Gasteiger partial charge in [-0.1, -0.05) is 26.0 Å². The monoisotopic (exact) mass is 434 g/mol. The van der Waals surface area contributed by atoms with E-state index < -0.39 is 0 Å². The topological polar surface area (TPSA) is 102 Å². The summed E-state index contributed by atoms with van der Waals surface area (Å²) < 4.78 is 6.66. The molecule has 1 fully saturated rings. The van der Waals surface area contributed by atoms with Crippen LogP contribution in [0, 0.1) is 0 Å². The molecule has 1 saturated heterocycles. The average molecular weight is 435 g/mol. The van der Waals surface area contributed by atoms with Crippen molar-refractivity contribution in [3.63, 3.8) is 0 Å². The molecule has 2 aromatic heterocycles. The van der Waals surface area contributed by atoms with Gasteiger partial charge in [-0.3, -0.25) is 14.2 Å². The molecule has 9 nitrogen and oxygen atoms in total. The summed E-state index contributed by atoms with van der Waals surface area (Å²) in [5.74, 6) is 0.668. The molecular formula is C23H26N6O3. The van der Waals surface area contributed by atoms with Gasteiger partial charge >= 0.3 is 0 Å². The SMILES string of the molecule is CC(C)c1cc(=O)n(CC(=O)Nc2cccc(-c3ccc(N4CCOCC4)nn3)c2)cn1. The lowest BCUT2D eigenvalue weighted by Crippen LogP contribution is -2.36. The average Bonchev–Trinajstić information content (AvgIpc) is 2.81. The Hall–Kier alpha value is -3.59. The highest BCUT2D eigenvalue weighted by Gasteiger charge is 2.13. The van der Waals surface area contributed by atoms with Crippen LogP contribution in [0.4, 0.5) is 11.5 Å². The second-order valence-corrected chi connectivity index (χ2v) is 7.94. The molecule has 4 rings (SSSR count). The summed E-state index contributed by atoms with van der Waals surface area (Å²) in [7, 11) is 0. The zero-order chi connectivity index (χ0) is 22.5. The van der Waals surface area contributed by atoms with Crippen molar-refractivity contribution in [3.8, 4) is 11.3 Å². The number of anilines is 2. The molecule has 0 radical (unpaired) electrons. The van der Waals surface area contributed by atoms with E-state index in [1.54, 1.807) is 6.07 Å². The van der Waals surface area contributed by atoms with E-state index in [4.69, 9.17) is 4.74 Å². The third-order valence-corrected chi connectivity index (χ3v) is 5.23. The van der Waals surface area contributed by atoms with Crippen molar-refractivity contribution in [1.29, 1.82) is 0 Å². The fraction of sp³-hybridized carbons (Fsp3) is 0.348. The molecule has 0 atom stereocenters. The highest BCUT2D eigenvalue weighted by atomic mass is 16.5. The highest BCUT2D eigenvalue weighted by Crippen LogP contribution is 2.22. The molecule has 1 amide bonds. The number of morpholine rings is 1. The van der Waals surface area contributed by atoms with Crippen LogP contribution in [-0.4, -0.2) is 52.0 Å². The molecule has 0 bridgehead atoms. The molecule has 0 aliphatic carbocycles. The zero-order valence-corrected chi connectivity index (χ0v) is 18.2. The van der Waals surface area contributed by atoms with Crippen LogP contribution in [0.1, 0.15) is 25.5 Å². The number of carbonyl (C=O) groups excluding carboxylic acids is 1. The molecule has 0 unspecified atom stereocenters. The van der Waals surface area contributed by atoms with E-state index in [1.807, 2.05) is 44.2 Å². The van der Waals surface area contributed by atoms with E-state index in [0.717, 1.165) is 24.5 Å². The van der Waals surface area contributed by atoms with Crippen LogP contribution in [0.2, 0.25) is 0 Å². The van der Waals surface area contributed by atoms with E-state index >= 15 is 0 Å². The van der Waals surface area contributed by atoms with E-state index in [9.17, 15) is 9.59 Å². The smallest absolute Gasteiger partial charge is 0.254 e. The van der Waals surface area contributed by atoms with Crippen molar-refractivity contribution in [2.45, 2.75) is 26.3 Å². The molecule has 166 valence electrons. The molecule has 3 heterocycles. The molecule has 9 heteroatoms. The molecule has 32 heavy (non-hydrogen) atoms. The minimum Gasteiger partial charge on any atom is -0.378 e. The third kappa shape index (κ3) is 5.17. The first-order valence-corrected chi connectivity index (χ1v) is 10.6. The lowest BCUT2D eigenvalue weighted by Gasteiger charge is -2.27. The van der Waals surface area contributed by atoms with Crippen LogP contribution in [0.25, 0.3) is 11.3 Å². The van der Waals surface area contributed by atoms with Crippen molar-refractivity contribution in [1.82, 2.24) is 19.7 Å². The number of benzene rings is 1. The van der Waals surface area contributed by atoms with Gasteiger partial charge in [-0.15, -0.1) is 10.2 Å². The van der Waals surface area contributed by atoms with Crippen LogP contribution in [0.3, 0.4) is 0 Å². The number of ether oxygens (including phenoxy) is 1. The molecule has 1 aliphatic heterocycles. The lowest BCUT2D eigenvalue weighted by atomic mass is 10.1. The van der Waals surface area contributed by atoms with E-state index in [2.05, 4.69) is 25.4 Å². The van der Waals surface area contributed by atoms with E-state index in [-0.39, 0.29) is 23.9 Å². The third-order valence-electron chi connectivity index (χ3n) is 5.23. The minimum atomic E-state index is -0.308. The van der Waals surface area contributed by atoms with Gasteiger partial charge in [0.05, 0.1) is 30.9 Å². The summed E-state index contributed by atoms with van der Waals surface area (Å²) in [4.78, 5) is 31.1. The number of aromatic nitrogens is 4. The number of nitrogens with one attached hydrogen (secondary N) is 1. The van der Waals surface area contributed by atoms with Crippen molar-refractivity contribution in [2.75, 3.05) is 36.5 Å². The number of nitrogens with zero attached hydrogens (tertiary/aromatic N) is 5. The number of rotatable bonds is 6. The number of hydrogen-bond acceptors (Lipinski definition) is 7. The summed E-state index contributed by atoms with van der Waals surface area (Å²) >= 11 is 0. The second kappa shape index (κ2) is 9.69. The maximum Gasteiger partial charge on any atom is 0.254 e. The Morgan fingerprint density at radius 3 is 2.62 bits per heavy atom. The first-order valence-electron chi connectivity index (χ1n) is 10.6. The molecule has 1 aromatic carbocycles. The Kier molecular flexibility index (Phi) is 6.55. The number of hydrogen-bond donors (Lipinski definition) is 1. The minimum absolute atomic E-state index is 0.109. The lowest BCUT2D eigenvalue weighted by molar-refractivity contribution is -0.116. The molecule has 0 spiro atoms. The molecule has 1 aliphatic rings. The Morgan fingerprint density at radius 2 is 1.94 bits per heavy atom. The van der Waals surface area contributed by atoms with Crippen LogP contribution in [0.5, 0.6) is 0 Å². The fourth-order valence-corrected chi connectivity index (χ4v) is 3.43. The van der Waals surface area contributed by atoms with Gasteiger partial charge in [-0.2, -0.15) is 0 Å². The molecule has 1 N–H and O–H groups in total. The summed E-state index contributed by atoms with van der Waals surface area (Å²) in [6, 6.07) is 12.7. The van der Waals surface area contributed by atoms with Gasteiger partial charge < -0.3 is 15.0 Å². The van der Waals surface area contributed by atoms with Crippen molar-refractivity contribution >= 4 is 17.4 Å². The van der Waals surface area contributed by atoms with Crippen molar-refractivity contribution < 1.29 is 9.53 Å². The zero-order valence-electron chi connectivity index (χ0n) is 18.2. The second-order valence-electron chi connectivity index (χ2n) is 7.94. The molecule has 3 aromatic rings. The molecular weight excluding hydrogens is 408 g/mol. The summed E-state index contributed by atoms with van der Waals surface area (Å²) in [5.41, 5.74) is 2.63. The fourth-order valence-electron chi connectivity index (χ4n) is 3.43. The highest BCUT2D eigenvalue weighted by molar-refractivity contribution is 5.91.